The first-order valence-corrected chi connectivity index (χ1v) is 6.23. The van der Waals surface area contributed by atoms with Crippen molar-refractivity contribution in [3.63, 3.8) is 0 Å². The first-order valence-electron chi connectivity index (χ1n) is 6.23. The smallest absolute Gasteiger partial charge is 0.226 e. The zero-order chi connectivity index (χ0) is 12.5. The van der Waals surface area contributed by atoms with Crippen LogP contribution in [-0.2, 0) is 0 Å². The molecule has 17 heavy (non-hydrogen) atoms. The number of aromatic nitrogens is 2. The van der Waals surface area contributed by atoms with E-state index in [-0.39, 0.29) is 6.10 Å². The highest BCUT2D eigenvalue weighted by atomic mass is 16.5. The molecule has 0 aliphatic heterocycles. The van der Waals surface area contributed by atoms with Crippen LogP contribution in [0.5, 0.6) is 5.88 Å². The highest BCUT2D eigenvalue weighted by molar-refractivity contribution is 5.31. The Kier molecular flexibility index (Phi) is 3.22. The van der Waals surface area contributed by atoms with Gasteiger partial charge >= 0.3 is 0 Å². The van der Waals surface area contributed by atoms with Crippen molar-refractivity contribution in [2.75, 3.05) is 11.9 Å². The Morgan fingerprint density at radius 1 is 1.41 bits per heavy atom. The molecule has 1 aliphatic carbocycles. The minimum absolute atomic E-state index is 0.137. The summed E-state index contributed by atoms with van der Waals surface area (Å²) in [6, 6.07) is 1.87. The fourth-order valence-corrected chi connectivity index (χ4v) is 1.60. The quantitative estimate of drug-likeness (QED) is 0.852. The number of nitrogens with zero attached hydrogens (tertiary/aromatic N) is 2. The molecule has 4 nitrogen and oxygen atoms in total. The maximum atomic E-state index is 5.59. The van der Waals surface area contributed by atoms with Crippen molar-refractivity contribution in [2.24, 2.45) is 5.41 Å². The predicted molar refractivity (Wildman–Crippen MR) is 68.4 cm³/mol. The second kappa shape index (κ2) is 4.51. The van der Waals surface area contributed by atoms with Crippen molar-refractivity contribution in [1.29, 1.82) is 0 Å². The molecule has 2 rings (SSSR count). The normalized spacial score (nSPS) is 17.0. The third kappa shape index (κ3) is 3.58. The van der Waals surface area contributed by atoms with Crippen LogP contribution < -0.4 is 10.1 Å². The van der Waals surface area contributed by atoms with E-state index in [2.05, 4.69) is 22.2 Å². The van der Waals surface area contributed by atoms with Gasteiger partial charge in [0.2, 0.25) is 11.8 Å². The molecule has 1 N–H and O–H groups in total. The van der Waals surface area contributed by atoms with Crippen molar-refractivity contribution in [3.8, 4) is 5.88 Å². The fourth-order valence-electron chi connectivity index (χ4n) is 1.60. The molecule has 0 aromatic carbocycles. The predicted octanol–water partition coefficient (Wildman–Crippen LogP) is 2.78. The van der Waals surface area contributed by atoms with Gasteiger partial charge in [-0.05, 0) is 39.0 Å². The second-order valence-electron chi connectivity index (χ2n) is 5.50. The van der Waals surface area contributed by atoms with Crippen molar-refractivity contribution in [1.82, 2.24) is 9.97 Å². The van der Waals surface area contributed by atoms with Crippen molar-refractivity contribution in [3.05, 3.63) is 11.8 Å². The summed E-state index contributed by atoms with van der Waals surface area (Å²) in [5.74, 6) is 1.32. The maximum Gasteiger partial charge on any atom is 0.226 e. The molecule has 0 atom stereocenters. The highest BCUT2D eigenvalue weighted by Gasteiger charge is 2.36. The third-order valence-corrected chi connectivity index (χ3v) is 2.96. The van der Waals surface area contributed by atoms with Gasteiger partial charge in [0.15, 0.2) is 0 Å². The summed E-state index contributed by atoms with van der Waals surface area (Å²) in [6.07, 6.45) is 2.72. The first-order chi connectivity index (χ1) is 7.97. The monoisotopic (exact) mass is 235 g/mol. The van der Waals surface area contributed by atoms with Gasteiger partial charge in [-0.3, -0.25) is 0 Å². The number of nitrogens with one attached hydrogen (secondary N) is 1. The molecule has 0 amide bonds. The van der Waals surface area contributed by atoms with E-state index >= 15 is 0 Å². The molecule has 4 heteroatoms. The standard InChI is InChI=1S/C13H21N3O/c1-9(2)17-11-7-10(3)15-12(16-11)14-8-13(4)5-6-13/h7,9H,5-6,8H2,1-4H3,(H,14,15,16). The lowest BCUT2D eigenvalue weighted by Gasteiger charge is -2.13. The third-order valence-electron chi connectivity index (χ3n) is 2.96. The molecular weight excluding hydrogens is 214 g/mol. The molecule has 1 aliphatic rings. The Labute approximate surface area is 103 Å². The summed E-state index contributed by atoms with van der Waals surface area (Å²) in [7, 11) is 0. The molecule has 1 aromatic heterocycles. The number of aryl methyl sites for hydroxylation is 1. The van der Waals surface area contributed by atoms with E-state index in [9.17, 15) is 0 Å². The van der Waals surface area contributed by atoms with Crippen LogP contribution in [0.3, 0.4) is 0 Å². The van der Waals surface area contributed by atoms with Crippen LogP contribution in [0, 0.1) is 12.3 Å². The van der Waals surface area contributed by atoms with Gasteiger partial charge in [-0.2, -0.15) is 4.98 Å². The van der Waals surface area contributed by atoms with E-state index < -0.39 is 0 Å². The minimum Gasteiger partial charge on any atom is -0.475 e. The second-order valence-corrected chi connectivity index (χ2v) is 5.50. The summed E-state index contributed by atoms with van der Waals surface area (Å²) in [5.41, 5.74) is 1.38. The lowest BCUT2D eigenvalue weighted by atomic mass is 10.1. The first kappa shape index (κ1) is 12.1. The van der Waals surface area contributed by atoms with E-state index in [0.717, 1.165) is 12.2 Å². The van der Waals surface area contributed by atoms with Gasteiger partial charge in [-0.15, -0.1) is 0 Å². The molecule has 94 valence electrons. The Hall–Kier alpha value is -1.32. The minimum atomic E-state index is 0.137. The molecule has 1 saturated carbocycles. The molecule has 1 heterocycles. The zero-order valence-electron chi connectivity index (χ0n) is 11.1. The van der Waals surface area contributed by atoms with Crippen LogP contribution in [0.1, 0.15) is 39.3 Å². The lowest BCUT2D eigenvalue weighted by molar-refractivity contribution is 0.232. The average Bonchev–Trinajstić information content (AvgIpc) is 2.93. The summed E-state index contributed by atoms with van der Waals surface area (Å²) < 4.78 is 5.59. The van der Waals surface area contributed by atoms with Crippen LogP contribution >= 0.6 is 0 Å². The molecule has 0 bridgehead atoms. The van der Waals surface area contributed by atoms with Crippen molar-refractivity contribution >= 4 is 5.95 Å². The molecule has 1 aromatic rings. The van der Waals surface area contributed by atoms with E-state index in [1.807, 2.05) is 26.8 Å². The van der Waals surface area contributed by atoms with Gasteiger partial charge in [-0.1, -0.05) is 6.92 Å². The van der Waals surface area contributed by atoms with Crippen molar-refractivity contribution in [2.45, 2.75) is 46.6 Å². The number of hydrogen-bond donors (Lipinski definition) is 1. The number of hydrogen-bond acceptors (Lipinski definition) is 4. The van der Waals surface area contributed by atoms with E-state index in [4.69, 9.17) is 4.74 Å². The van der Waals surface area contributed by atoms with Crippen LogP contribution in [0.25, 0.3) is 0 Å². The molecule has 1 fully saturated rings. The van der Waals surface area contributed by atoms with E-state index in [1.54, 1.807) is 0 Å². The average molecular weight is 235 g/mol. The molecular formula is C13H21N3O. The van der Waals surface area contributed by atoms with Crippen molar-refractivity contribution < 1.29 is 4.74 Å². The Bertz CT molecular complexity index is 400. The van der Waals surface area contributed by atoms with Gasteiger partial charge < -0.3 is 10.1 Å². The number of rotatable bonds is 5. The Morgan fingerprint density at radius 2 is 2.12 bits per heavy atom. The van der Waals surface area contributed by atoms with Crippen LogP contribution in [0.4, 0.5) is 5.95 Å². The Balaban J connectivity index is 2.02. The summed E-state index contributed by atoms with van der Waals surface area (Å²) in [5, 5.41) is 3.30. The Morgan fingerprint density at radius 3 is 2.71 bits per heavy atom. The molecule has 0 saturated heterocycles. The molecule has 0 unspecified atom stereocenters. The topological polar surface area (TPSA) is 47.0 Å². The highest BCUT2D eigenvalue weighted by Crippen LogP contribution is 2.44. The van der Waals surface area contributed by atoms with Gasteiger partial charge in [0.05, 0.1) is 6.10 Å². The fraction of sp³-hybridized carbons (Fsp3) is 0.692. The van der Waals surface area contributed by atoms with Crippen LogP contribution in [0.15, 0.2) is 6.07 Å². The SMILES string of the molecule is Cc1cc(OC(C)C)nc(NCC2(C)CC2)n1. The molecule has 0 spiro atoms. The van der Waals surface area contributed by atoms with E-state index in [1.165, 1.54) is 12.8 Å². The maximum absolute atomic E-state index is 5.59. The van der Waals surface area contributed by atoms with Gasteiger partial charge in [0.25, 0.3) is 0 Å². The van der Waals surface area contributed by atoms with Gasteiger partial charge in [0, 0.05) is 18.3 Å². The zero-order valence-corrected chi connectivity index (χ0v) is 11.1. The molecule has 0 radical (unpaired) electrons. The van der Waals surface area contributed by atoms with Crippen LogP contribution in [0.2, 0.25) is 0 Å². The largest absolute Gasteiger partial charge is 0.475 e. The van der Waals surface area contributed by atoms with Crippen LogP contribution in [-0.4, -0.2) is 22.6 Å². The number of ether oxygens (including phenoxy) is 1. The summed E-state index contributed by atoms with van der Waals surface area (Å²) >= 11 is 0. The van der Waals surface area contributed by atoms with Gasteiger partial charge in [-0.25, -0.2) is 4.98 Å². The van der Waals surface area contributed by atoms with E-state index in [0.29, 0.717) is 17.2 Å². The number of anilines is 1. The van der Waals surface area contributed by atoms with Gasteiger partial charge in [0.1, 0.15) is 0 Å². The summed E-state index contributed by atoms with van der Waals surface area (Å²) in [6.45, 7) is 9.17. The summed E-state index contributed by atoms with van der Waals surface area (Å²) in [4.78, 5) is 8.73. The lowest BCUT2D eigenvalue weighted by Crippen LogP contribution is -2.15.